The summed E-state index contributed by atoms with van der Waals surface area (Å²) in [6.45, 7) is 10.8. The average molecular weight is 220 g/mol. The Morgan fingerprint density at radius 3 is 2.69 bits per heavy atom. The first kappa shape index (κ1) is 11.9. The Hall–Kier alpha value is -0.590. The van der Waals surface area contributed by atoms with Crippen molar-refractivity contribution in [1.82, 2.24) is 0 Å². The molecule has 0 bridgehead atoms. The quantitative estimate of drug-likeness (QED) is 0.611. The van der Waals surface area contributed by atoms with Crippen molar-refractivity contribution in [1.29, 1.82) is 0 Å². The molecule has 0 aromatic heterocycles. The first-order valence-electron chi connectivity index (χ1n) is 6.68. The highest BCUT2D eigenvalue weighted by Crippen LogP contribution is 2.54. The van der Waals surface area contributed by atoms with Crippen LogP contribution in [-0.2, 0) is 4.79 Å². The van der Waals surface area contributed by atoms with Crippen LogP contribution in [0.5, 0.6) is 0 Å². The number of carbonyl (C=O) groups excluding carboxylic acids is 1. The van der Waals surface area contributed by atoms with Gasteiger partial charge in [-0.25, -0.2) is 0 Å². The van der Waals surface area contributed by atoms with Gasteiger partial charge < -0.3 is 0 Å². The third-order valence-corrected chi connectivity index (χ3v) is 4.94. The lowest BCUT2D eigenvalue weighted by molar-refractivity contribution is -0.123. The van der Waals surface area contributed by atoms with Gasteiger partial charge in [0.25, 0.3) is 0 Å². The van der Waals surface area contributed by atoms with Gasteiger partial charge in [0, 0.05) is 5.92 Å². The van der Waals surface area contributed by atoms with Gasteiger partial charge in [0.05, 0.1) is 0 Å². The lowest BCUT2D eigenvalue weighted by atomic mass is 9.70. The van der Waals surface area contributed by atoms with Crippen LogP contribution in [0.2, 0.25) is 0 Å². The van der Waals surface area contributed by atoms with Crippen LogP contribution in [0.15, 0.2) is 12.2 Å². The Bertz CT molecular complexity index is 315. The highest BCUT2D eigenvalue weighted by Gasteiger charge is 2.50. The van der Waals surface area contributed by atoms with Gasteiger partial charge in [0.15, 0.2) is 5.78 Å². The summed E-state index contributed by atoms with van der Waals surface area (Å²) in [6, 6.07) is 0. The maximum atomic E-state index is 12.4. The van der Waals surface area contributed by atoms with E-state index in [0.717, 1.165) is 18.4 Å². The van der Waals surface area contributed by atoms with E-state index in [1.165, 1.54) is 19.3 Å². The second-order valence-electron chi connectivity index (χ2n) is 6.40. The van der Waals surface area contributed by atoms with E-state index in [2.05, 4.69) is 27.4 Å². The largest absolute Gasteiger partial charge is 0.294 e. The van der Waals surface area contributed by atoms with Crippen molar-refractivity contribution in [3.8, 4) is 0 Å². The predicted molar refractivity (Wildman–Crippen MR) is 67.2 cm³/mol. The standard InChI is InChI=1S/C15H24O/c1-10(2)12-7-9-15(4)8-5-6-11(3)14(16)13(12)15/h10,12-13H,3,5-9H2,1-2,4H3. The Kier molecular flexibility index (Phi) is 2.98. The summed E-state index contributed by atoms with van der Waals surface area (Å²) in [6.07, 6.45) is 5.77. The molecular weight excluding hydrogens is 196 g/mol. The minimum absolute atomic E-state index is 0.266. The highest BCUT2D eigenvalue weighted by atomic mass is 16.1. The normalized spacial score (nSPS) is 40.0. The van der Waals surface area contributed by atoms with Gasteiger partial charge in [-0.2, -0.15) is 0 Å². The number of ketones is 1. The second kappa shape index (κ2) is 4.01. The van der Waals surface area contributed by atoms with Crippen LogP contribution in [0.25, 0.3) is 0 Å². The molecule has 0 N–H and O–H groups in total. The van der Waals surface area contributed by atoms with Crippen molar-refractivity contribution in [3.05, 3.63) is 12.2 Å². The summed E-state index contributed by atoms with van der Waals surface area (Å²) in [4.78, 5) is 12.4. The van der Waals surface area contributed by atoms with Crippen LogP contribution < -0.4 is 0 Å². The minimum Gasteiger partial charge on any atom is -0.294 e. The summed E-state index contributed by atoms with van der Waals surface area (Å²) < 4.78 is 0. The summed E-state index contributed by atoms with van der Waals surface area (Å²) in [5.41, 5.74) is 1.16. The van der Waals surface area contributed by atoms with Crippen LogP contribution in [0, 0.1) is 23.2 Å². The number of carbonyl (C=O) groups is 1. The van der Waals surface area contributed by atoms with Gasteiger partial charge in [-0.3, -0.25) is 4.79 Å². The predicted octanol–water partition coefficient (Wildman–Crippen LogP) is 3.98. The van der Waals surface area contributed by atoms with Crippen molar-refractivity contribution < 1.29 is 4.79 Å². The van der Waals surface area contributed by atoms with Gasteiger partial charge in [0.2, 0.25) is 0 Å². The zero-order valence-electron chi connectivity index (χ0n) is 10.9. The first-order chi connectivity index (χ1) is 7.46. The molecule has 0 heterocycles. The molecule has 1 nitrogen and oxygen atoms in total. The van der Waals surface area contributed by atoms with Crippen molar-refractivity contribution in [2.75, 3.05) is 0 Å². The molecule has 3 atom stereocenters. The fourth-order valence-corrected chi connectivity index (χ4v) is 3.89. The van der Waals surface area contributed by atoms with Gasteiger partial charge >= 0.3 is 0 Å². The molecule has 0 radical (unpaired) electrons. The first-order valence-corrected chi connectivity index (χ1v) is 6.68. The third-order valence-electron chi connectivity index (χ3n) is 4.94. The second-order valence-corrected chi connectivity index (χ2v) is 6.40. The van der Waals surface area contributed by atoms with Crippen molar-refractivity contribution >= 4 is 5.78 Å². The maximum Gasteiger partial charge on any atom is 0.162 e. The monoisotopic (exact) mass is 220 g/mol. The van der Waals surface area contributed by atoms with Crippen LogP contribution in [0.3, 0.4) is 0 Å². The van der Waals surface area contributed by atoms with E-state index in [9.17, 15) is 4.79 Å². The van der Waals surface area contributed by atoms with E-state index in [0.29, 0.717) is 17.6 Å². The number of Topliss-reactive ketones (excluding diaryl/α,β-unsaturated/α-hetero) is 1. The van der Waals surface area contributed by atoms with Crippen molar-refractivity contribution in [2.24, 2.45) is 23.2 Å². The fraction of sp³-hybridized carbons (Fsp3) is 0.800. The van der Waals surface area contributed by atoms with E-state index in [-0.39, 0.29) is 11.3 Å². The van der Waals surface area contributed by atoms with Crippen LogP contribution in [0.4, 0.5) is 0 Å². The van der Waals surface area contributed by atoms with E-state index in [4.69, 9.17) is 0 Å². The van der Waals surface area contributed by atoms with Gasteiger partial charge in [-0.05, 0) is 54.9 Å². The van der Waals surface area contributed by atoms with Gasteiger partial charge in [0.1, 0.15) is 0 Å². The molecule has 90 valence electrons. The van der Waals surface area contributed by atoms with Gasteiger partial charge in [-0.1, -0.05) is 27.4 Å². The average Bonchev–Trinajstić information content (AvgIpc) is 2.50. The molecular formula is C15H24O. The van der Waals surface area contributed by atoms with E-state index in [1.54, 1.807) is 0 Å². The number of hydrogen-bond donors (Lipinski definition) is 0. The minimum atomic E-state index is 0.266. The highest BCUT2D eigenvalue weighted by molar-refractivity contribution is 5.97. The molecule has 2 aliphatic carbocycles. The molecule has 1 heteroatoms. The molecule has 2 rings (SSSR count). The van der Waals surface area contributed by atoms with Crippen LogP contribution >= 0.6 is 0 Å². The molecule has 3 unspecified atom stereocenters. The Balaban J connectivity index is 2.34. The zero-order valence-corrected chi connectivity index (χ0v) is 10.9. The van der Waals surface area contributed by atoms with E-state index < -0.39 is 0 Å². The SMILES string of the molecule is C=C1CCCC2(C)CCC(C(C)C)C2C1=O. The topological polar surface area (TPSA) is 17.1 Å². The molecule has 2 fully saturated rings. The number of fused-ring (bicyclic) bond motifs is 1. The smallest absolute Gasteiger partial charge is 0.162 e. The number of hydrogen-bond acceptors (Lipinski definition) is 1. The summed E-state index contributed by atoms with van der Waals surface area (Å²) >= 11 is 0. The molecule has 2 saturated carbocycles. The Morgan fingerprint density at radius 1 is 1.38 bits per heavy atom. The lowest BCUT2D eigenvalue weighted by Crippen LogP contribution is -2.33. The van der Waals surface area contributed by atoms with Crippen LogP contribution in [0.1, 0.15) is 52.9 Å². The molecule has 0 amide bonds. The number of rotatable bonds is 1. The Morgan fingerprint density at radius 2 is 2.06 bits per heavy atom. The molecule has 0 saturated heterocycles. The van der Waals surface area contributed by atoms with Crippen molar-refractivity contribution in [3.63, 3.8) is 0 Å². The summed E-state index contributed by atoms with van der Waals surface area (Å²) in [5, 5.41) is 0. The van der Waals surface area contributed by atoms with Crippen LogP contribution in [-0.4, -0.2) is 5.78 Å². The summed E-state index contributed by atoms with van der Waals surface area (Å²) in [5.74, 6) is 1.87. The Labute approximate surface area is 99.3 Å². The molecule has 16 heavy (non-hydrogen) atoms. The zero-order chi connectivity index (χ0) is 11.9. The molecule has 0 aromatic rings. The summed E-state index contributed by atoms with van der Waals surface area (Å²) in [7, 11) is 0. The molecule has 0 spiro atoms. The third kappa shape index (κ3) is 1.74. The lowest BCUT2D eigenvalue weighted by Gasteiger charge is -2.32. The number of allylic oxidation sites excluding steroid dienone is 1. The fourth-order valence-electron chi connectivity index (χ4n) is 3.89. The van der Waals surface area contributed by atoms with Gasteiger partial charge in [-0.15, -0.1) is 0 Å². The van der Waals surface area contributed by atoms with E-state index >= 15 is 0 Å². The maximum absolute atomic E-state index is 12.4. The van der Waals surface area contributed by atoms with E-state index in [1.807, 2.05) is 0 Å². The molecule has 0 aromatic carbocycles. The molecule has 0 aliphatic heterocycles. The molecule has 2 aliphatic rings. The van der Waals surface area contributed by atoms with Crippen molar-refractivity contribution in [2.45, 2.75) is 52.9 Å².